The van der Waals surface area contributed by atoms with Crippen LogP contribution in [0, 0.1) is 5.41 Å². The minimum atomic E-state index is -4.72. The van der Waals surface area contributed by atoms with Crippen molar-refractivity contribution in [3.8, 4) is 5.75 Å². The molecule has 0 fully saturated rings. The van der Waals surface area contributed by atoms with E-state index in [9.17, 15) is 18.3 Å². The molecule has 1 atom stereocenters. The van der Waals surface area contributed by atoms with Gasteiger partial charge in [-0.05, 0) is 29.5 Å². The van der Waals surface area contributed by atoms with Gasteiger partial charge in [0.1, 0.15) is 5.75 Å². The van der Waals surface area contributed by atoms with Gasteiger partial charge in [0.25, 0.3) is 0 Å². The van der Waals surface area contributed by atoms with E-state index in [1.807, 2.05) is 20.8 Å². The highest BCUT2D eigenvalue weighted by atomic mass is 19.4. The van der Waals surface area contributed by atoms with E-state index in [1.165, 1.54) is 18.2 Å². The summed E-state index contributed by atoms with van der Waals surface area (Å²) in [5.74, 6) is -0.314. The molecule has 1 aromatic carbocycles. The van der Waals surface area contributed by atoms with Crippen LogP contribution in [0.1, 0.15) is 38.9 Å². The maximum atomic E-state index is 12.1. The van der Waals surface area contributed by atoms with Gasteiger partial charge in [0, 0.05) is 0 Å². The van der Waals surface area contributed by atoms with E-state index in [0.29, 0.717) is 12.0 Å². The number of aliphatic hydroxyl groups excluding tert-OH is 1. The largest absolute Gasteiger partial charge is 0.573 e. The Bertz CT molecular complexity index is 399. The van der Waals surface area contributed by atoms with Gasteiger partial charge in [0.15, 0.2) is 0 Å². The highest BCUT2D eigenvalue weighted by Gasteiger charge is 2.32. The van der Waals surface area contributed by atoms with Crippen molar-refractivity contribution in [3.63, 3.8) is 0 Å². The lowest BCUT2D eigenvalue weighted by Gasteiger charge is -2.29. The van der Waals surface area contributed by atoms with Crippen molar-refractivity contribution in [3.05, 3.63) is 29.8 Å². The molecule has 0 bridgehead atoms. The lowest BCUT2D eigenvalue weighted by Crippen LogP contribution is -2.21. The maximum absolute atomic E-state index is 12.1. The molecule has 102 valence electrons. The molecule has 0 saturated heterocycles. The summed E-state index contributed by atoms with van der Waals surface area (Å²) in [6, 6.07) is 5.45. The van der Waals surface area contributed by atoms with Gasteiger partial charge in [-0.1, -0.05) is 32.9 Å². The van der Waals surface area contributed by atoms with Crippen molar-refractivity contribution in [1.82, 2.24) is 0 Å². The van der Waals surface area contributed by atoms with Gasteiger partial charge in [0.05, 0.1) is 6.10 Å². The van der Waals surface area contributed by atoms with Gasteiger partial charge in [-0.2, -0.15) is 0 Å². The second-order valence-corrected chi connectivity index (χ2v) is 4.86. The first-order chi connectivity index (χ1) is 8.15. The Kier molecular flexibility index (Phi) is 4.27. The first-order valence-electron chi connectivity index (χ1n) is 5.69. The van der Waals surface area contributed by atoms with Crippen molar-refractivity contribution >= 4 is 0 Å². The van der Waals surface area contributed by atoms with Crippen molar-refractivity contribution in [2.45, 2.75) is 39.7 Å². The van der Waals surface area contributed by atoms with Crippen LogP contribution in [0.2, 0.25) is 0 Å². The summed E-state index contributed by atoms with van der Waals surface area (Å²) >= 11 is 0. The summed E-state index contributed by atoms with van der Waals surface area (Å²) < 4.78 is 40.1. The molecule has 2 nitrogen and oxygen atoms in total. The van der Waals surface area contributed by atoms with Gasteiger partial charge in [-0.3, -0.25) is 0 Å². The molecule has 0 spiro atoms. The fourth-order valence-electron chi connectivity index (χ4n) is 1.53. The fourth-order valence-corrected chi connectivity index (χ4v) is 1.53. The highest BCUT2D eigenvalue weighted by Crippen LogP contribution is 2.37. The Morgan fingerprint density at radius 3 is 2.39 bits per heavy atom. The van der Waals surface area contributed by atoms with Crippen LogP contribution in [0.15, 0.2) is 24.3 Å². The third kappa shape index (κ3) is 3.91. The number of halogens is 3. The molecular formula is C13H17F3O2. The van der Waals surface area contributed by atoms with Crippen molar-refractivity contribution in [2.75, 3.05) is 0 Å². The number of hydrogen-bond donors (Lipinski definition) is 1. The number of alkyl halides is 3. The third-order valence-electron chi connectivity index (χ3n) is 3.06. The minimum Gasteiger partial charge on any atom is -0.406 e. The SMILES string of the molecule is CCC(C)(C)C(O)c1cccc(OC(F)(F)F)c1. The van der Waals surface area contributed by atoms with Crippen molar-refractivity contribution in [1.29, 1.82) is 0 Å². The highest BCUT2D eigenvalue weighted by molar-refractivity contribution is 5.30. The quantitative estimate of drug-likeness (QED) is 0.886. The van der Waals surface area contributed by atoms with Crippen molar-refractivity contribution in [2.24, 2.45) is 5.41 Å². The zero-order valence-electron chi connectivity index (χ0n) is 10.6. The molecule has 5 heteroatoms. The average Bonchev–Trinajstić information content (AvgIpc) is 2.26. The standard InChI is InChI=1S/C13H17F3O2/c1-4-12(2,3)11(17)9-6-5-7-10(8-9)18-13(14,15)16/h5-8,11,17H,4H2,1-3H3. The molecule has 0 amide bonds. The van der Waals surface area contributed by atoms with E-state index < -0.39 is 17.9 Å². The van der Waals surface area contributed by atoms with E-state index in [1.54, 1.807) is 6.07 Å². The monoisotopic (exact) mass is 262 g/mol. The molecule has 0 saturated carbocycles. The van der Waals surface area contributed by atoms with E-state index in [4.69, 9.17) is 0 Å². The first kappa shape index (κ1) is 14.8. The Morgan fingerprint density at radius 1 is 1.28 bits per heavy atom. The Balaban J connectivity index is 2.95. The van der Waals surface area contributed by atoms with Crippen LogP contribution in [0.25, 0.3) is 0 Å². The van der Waals surface area contributed by atoms with Gasteiger partial charge in [-0.25, -0.2) is 0 Å². The lowest BCUT2D eigenvalue weighted by atomic mass is 9.80. The van der Waals surface area contributed by atoms with Gasteiger partial charge < -0.3 is 9.84 Å². The smallest absolute Gasteiger partial charge is 0.406 e. The molecule has 0 aliphatic carbocycles. The molecule has 1 aromatic rings. The van der Waals surface area contributed by atoms with Crippen LogP contribution in [-0.2, 0) is 0 Å². The minimum absolute atomic E-state index is 0.314. The van der Waals surface area contributed by atoms with Crippen LogP contribution in [0.3, 0.4) is 0 Å². The number of benzene rings is 1. The van der Waals surface area contributed by atoms with Crippen LogP contribution < -0.4 is 4.74 Å². The Hall–Kier alpha value is -1.23. The molecule has 0 radical (unpaired) electrons. The average molecular weight is 262 g/mol. The summed E-state index contributed by atoms with van der Waals surface area (Å²) in [4.78, 5) is 0. The normalized spacial score (nSPS) is 14.4. The summed E-state index contributed by atoms with van der Waals surface area (Å²) in [5.41, 5.74) is 0.0141. The predicted molar refractivity (Wildman–Crippen MR) is 62.2 cm³/mol. The Morgan fingerprint density at radius 2 is 1.89 bits per heavy atom. The lowest BCUT2D eigenvalue weighted by molar-refractivity contribution is -0.274. The number of aliphatic hydroxyl groups is 1. The zero-order valence-corrected chi connectivity index (χ0v) is 10.6. The van der Waals surface area contributed by atoms with Crippen LogP contribution in [0.4, 0.5) is 13.2 Å². The Labute approximate surface area is 104 Å². The molecule has 0 aliphatic heterocycles. The summed E-state index contributed by atoms with van der Waals surface area (Å²) in [5, 5.41) is 10.1. The molecule has 1 unspecified atom stereocenters. The summed E-state index contributed by atoms with van der Waals surface area (Å²) in [7, 11) is 0. The number of ether oxygens (including phenoxy) is 1. The maximum Gasteiger partial charge on any atom is 0.573 e. The molecule has 0 heterocycles. The number of rotatable bonds is 4. The van der Waals surface area contributed by atoms with Gasteiger partial charge >= 0.3 is 6.36 Å². The van der Waals surface area contributed by atoms with Gasteiger partial charge in [-0.15, -0.1) is 13.2 Å². The van der Waals surface area contributed by atoms with E-state index >= 15 is 0 Å². The first-order valence-corrected chi connectivity index (χ1v) is 5.69. The van der Waals surface area contributed by atoms with Crippen LogP contribution >= 0.6 is 0 Å². The molecule has 18 heavy (non-hydrogen) atoms. The second-order valence-electron chi connectivity index (χ2n) is 4.86. The fraction of sp³-hybridized carbons (Fsp3) is 0.538. The molecule has 0 aromatic heterocycles. The molecule has 0 aliphatic rings. The van der Waals surface area contributed by atoms with Crippen LogP contribution in [0.5, 0.6) is 5.75 Å². The van der Waals surface area contributed by atoms with E-state index in [2.05, 4.69) is 4.74 Å². The second kappa shape index (κ2) is 5.18. The topological polar surface area (TPSA) is 29.5 Å². The van der Waals surface area contributed by atoms with Gasteiger partial charge in [0.2, 0.25) is 0 Å². The van der Waals surface area contributed by atoms with E-state index in [0.717, 1.165) is 0 Å². The summed E-state index contributed by atoms with van der Waals surface area (Å²) in [6.07, 6.45) is -4.85. The summed E-state index contributed by atoms with van der Waals surface area (Å²) in [6.45, 7) is 5.63. The van der Waals surface area contributed by atoms with E-state index in [-0.39, 0.29) is 5.75 Å². The molecular weight excluding hydrogens is 245 g/mol. The predicted octanol–water partition coefficient (Wildman–Crippen LogP) is 4.05. The van der Waals surface area contributed by atoms with Crippen LogP contribution in [-0.4, -0.2) is 11.5 Å². The zero-order chi connectivity index (χ0) is 14.0. The molecule has 1 N–H and O–H groups in total. The number of hydrogen-bond acceptors (Lipinski definition) is 2. The third-order valence-corrected chi connectivity index (χ3v) is 3.06. The van der Waals surface area contributed by atoms with Crippen molar-refractivity contribution < 1.29 is 23.0 Å². The molecule has 1 rings (SSSR count).